The van der Waals surface area contributed by atoms with Crippen molar-refractivity contribution in [3.63, 3.8) is 0 Å². The number of rotatable bonds is 5. The van der Waals surface area contributed by atoms with Crippen LogP contribution in [0.15, 0.2) is 42.5 Å². The predicted molar refractivity (Wildman–Crippen MR) is 110 cm³/mol. The summed E-state index contributed by atoms with van der Waals surface area (Å²) < 4.78 is 19.0. The van der Waals surface area contributed by atoms with Crippen LogP contribution in [0.1, 0.15) is 23.2 Å². The van der Waals surface area contributed by atoms with E-state index in [-0.39, 0.29) is 23.4 Å². The Morgan fingerprint density at radius 1 is 1.21 bits per heavy atom. The second-order valence-corrected chi connectivity index (χ2v) is 7.33. The molecule has 3 rings (SSSR count). The van der Waals surface area contributed by atoms with Crippen molar-refractivity contribution in [2.75, 3.05) is 32.1 Å². The van der Waals surface area contributed by atoms with Gasteiger partial charge < -0.3 is 20.3 Å². The standard InChI is InChI=1S/C21H23ClFN3O3/c1-29-19-7-6-15(22)12-18(19)25-21(28)24-13-14-8-10-26(11-9-14)20(27)16-4-2-3-5-17(16)23/h2-7,12,14H,8-11,13H2,1H3,(H2,24,25,28). The number of methoxy groups -OCH3 is 1. The van der Waals surface area contributed by atoms with Crippen LogP contribution in [0.25, 0.3) is 0 Å². The highest BCUT2D eigenvalue weighted by atomic mass is 35.5. The lowest BCUT2D eigenvalue weighted by atomic mass is 9.96. The molecule has 0 atom stereocenters. The van der Waals surface area contributed by atoms with E-state index in [1.54, 1.807) is 35.2 Å². The topological polar surface area (TPSA) is 70.7 Å². The molecule has 2 aromatic rings. The minimum atomic E-state index is -0.505. The van der Waals surface area contributed by atoms with Gasteiger partial charge in [0.2, 0.25) is 0 Å². The normalized spacial score (nSPS) is 14.4. The predicted octanol–water partition coefficient (Wildman–Crippen LogP) is 4.16. The number of benzene rings is 2. The zero-order valence-corrected chi connectivity index (χ0v) is 16.8. The number of piperidine rings is 1. The Bertz CT molecular complexity index is 885. The van der Waals surface area contributed by atoms with Crippen molar-refractivity contribution in [3.8, 4) is 5.75 Å². The van der Waals surface area contributed by atoms with Gasteiger partial charge in [0.15, 0.2) is 0 Å². The number of halogens is 2. The smallest absolute Gasteiger partial charge is 0.319 e. The third-order valence-electron chi connectivity index (χ3n) is 4.97. The Labute approximate surface area is 174 Å². The fourth-order valence-corrected chi connectivity index (χ4v) is 3.50. The Hall–Kier alpha value is -2.80. The van der Waals surface area contributed by atoms with E-state index in [0.29, 0.717) is 36.1 Å². The quantitative estimate of drug-likeness (QED) is 0.764. The van der Waals surface area contributed by atoms with Crippen molar-refractivity contribution in [1.29, 1.82) is 0 Å². The molecule has 154 valence electrons. The summed E-state index contributed by atoms with van der Waals surface area (Å²) in [5, 5.41) is 6.07. The van der Waals surface area contributed by atoms with Gasteiger partial charge in [0, 0.05) is 24.7 Å². The van der Waals surface area contributed by atoms with Gasteiger partial charge in [-0.1, -0.05) is 23.7 Å². The highest BCUT2D eigenvalue weighted by Gasteiger charge is 2.25. The molecule has 1 aliphatic heterocycles. The van der Waals surface area contributed by atoms with E-state index in [1.807, 2.05) is 0 Å². The van der Waals surface area contributed by atoms with Crippen molar-refractivity contribution in [1.82, 2.24) is 10.2 Å². The summed E-state index contributed by atoms with van der Waals surface area (Å²) >= 11 is 5.97. The maximum atomic E-state index is 13.8. The third-order valence-corrected chi connectivity index (χ3v) is 5.20. The molecule has 0 unspecified atom stereocenters. The first kappa shape index (κ1) is 20.9. The Balaban J connectivity index is 1.46. The van der Waals surface area contributed by atoms with Gasteiger partial charge in [-0.2, -0.15) is 0 Å². The van der Waals surface area contributed by atoms with Crippen LogP contribution in [0.2, 0.25) is 5.02 Å². The average molecular weight is 420 g/mol. The van der Waals surface area contributed by atoms with E-state index in [2.05, 4.69) is 10.6 Å². The number of likely N-dealkylation sites (tertiary alicyclic amines) is 1. The maximum absolute atomic E-state index is 13.8. The summed E-state index contributed by atoms with van der Waals surface area (Å²) in [6.45, 7) is 1.54. The molecular weight excluding hydrogens is 397 g/mol. The Kier molecular flexibility index (Phi) is 6.93. The fraction of sp³-hybridized carbons (Fsp3) is 0.333. The molecule has 29 heavy (non-hydrogen) atoms. The average Bonchev–Trinajstić information content (AvgIpc) is 2.73. The number of carbonyl (C=O) groups excluding carboxylic acids is 2. The molecule has 2 aromatic carbocycles. The second kappa shape index (κ2) is 9.60. The zero-order valence-electron chi connectivity index (χ0n) is 16.1. The van der Waals surface area contributed by atoms with E-state index in [4.69, 9.17) is 16.3 Å². The molecule has 1 aliphatic rings. The van der Waals surface area contributed by atoms with Crippen LogP contribution < -0.4 is 15.4 Å². The van der Waals surface area contributed by atoms with Gasteiger partial charge in [0.05, 0.1) is 18.4 Å². The summed E-state index contributed by atoms with van der Waals surface area (Å²) in [5.41, 5.74) is 0.585. The van der Waals surface area contributed by atoms with Crippen LogP contribution in [0.4, 0.5) is 14.9 Å². The summed E-state index contributed by atoms with van der Waals surface area (Å²) in [6, 6.07) is 10.6. The third kappa shape index (κ3) is 5.38. The van der Waals surface area contributed by atoms with Gasteiger partial charge in [-0.05, 0) is 49.1 Å². The lowest BCUT2D eigenvalue weighted by Gasteiger charge is -2.32. The van der Waals surface area contributed by atoms with Crippen LogP contribution in [0.5, 0.6) is 5.75 Å². The number of hydrogen-bond acceptors (Lipinski definition) is 3. The van der Waals surface area contributed by atoms with Crippen LogP contribution in [0.3, 0.4) is 0 Å². The summed E-state index contributed by atoms with van der Waals surface area (Å²) in [4.78, 5) is 26.3. The van der Waals surface area contributed by atoms with Crippen LogP contribution in [-0.4, -0.2) is 43.6 Å². The summed E-state index contributed by atoms with van der Waals surface area (Å²) in [6.07, 6.45) is 1.47. The number of nitrogens with one attached hydrogen (secondary N) is 2. The van der Waals surface area contributed by atoms with Gasteiger partial charge in [-0.15, -0.1) is 0 Å². The molecule has 2 N–H and O–H groups in total. The molecule has 0 aliphatic carbocycles. The maximum Gasteiger partial charge on any atom is 0.319 e. The molecule has 1 fully saturated rings. The molecular formula is C21H23ClFN3O3. The highest BCUT2D eigenvalue weighted by Crippen LogP contribution is 2.27. The van der Waals surface area contributed by atoms with E-state index in [0.717, 1.165) is 12.8 Å². The van der Waals surface area contributed by atoms with Gasteiger partial charge in [0.25, 0.3) is 5.91 Å². The molecule has 1 saturated heterocycles. The number of anilines is 1. The van der Waals surface area contributed by atoms with Gasteiger partial charge >= 0.3 is 6.03 Å². The van der Waals surface area contributed by atoms with Gasteiger partial charge in [0.1, 0.15) is 11.6 Å². The SMILES string of the molecule is COc1ccc(Cl)cc1NC(=O)NCC1CCN(C(=O)c2ccccc2F)CC1. The molecule has 0 radical (unpaired) electrons. The van der Waals surface area contributed by atoms with Crippen molar-refractivity contribution in [2.45, 2.75) is 12.8 Å². The first-order chi connectivity index (χ1) is 14.0. The monoisotopic (exact) mass is 419 g/mol. The number of amides is 3. The Morgan fingerprint density at radius 2 is 1.93 bits per heavy atom. The van der Waals surface area contributed by atoms with Crippen LogP contribution >= 0.6 is 11.6 Å². The molecule has 8 heteroatoms. The molecule has 0 saturated carbocycles. The number of ether oxygens (including phenoxy) is 1. The number of carbonyl (C=O) groups is 2. The Morgan fingerprint density at radius 3 is 2.62 bits per heavy atom. The molecule has 0 bridgehead atoms. The van der Waals surface area contributed by atoms with Crippen LogP contribution in [0, 0.1) is 11.7 Å². The van der Waals surface area contributed by atoms with Crippen molar-refractivity contribution >= 4 is 29.2 Å². The largest absolute Gasteiger partial charge is 0.495 e. The zero-order chi connectivity index (χ0) is 20.8. The minimum absolute atomic E-state index is 0.0962. The van der Waals surface area contributed by atoms with Crippen molar-refractivity contribution in [3.05, 3.63) is 58.9 Å². The molecule has 0 aromatic heterocycles. The minimum Gasteiger partial charge on any atom is -0.495 e. The second-order valence-electron chi connectivity index (χ2n) is 6.90. The summed E-state index contributed by atoms with van der Waals surface area (Å²) in [7, 11) is 1.52. The van der Waals surface area contributed by atoms with Gasteiger partial charge in [-0.25, -0.2) is 9.18 Å². The van der Waals surface area contributed by atoms with Crippen molar-refractivity contribution in [2.24, 2.45) is 5.92 Å². The molecule has 3 amide bonds. The summed E-state index contributed by atoms with van der Waals surface area (Å²) in [5.74, 6) is -0.0362. The van der Waals surface area contributed by atoms with Gasteiger partial charge in [-0.3, -0.25) is 4.79 Å². The first-order valence-corrected chi connectivity index (χ1v) is 9.78. The van der Waals surface area contributed by atoms with Crippen molar-refractivity contribution < 1.29 is 18.7 Å². The first-order valence-electron chi connectivity index (χ1n) is 9.40. The highest BCUT2D eigenvalue weighted by molar-refractivity contribution is 6.31. The van der Waals surface area contributed by atoms with E-state index in [9.17, 15) is 14.0 Å². The number of urea groups is 1. The number of hydrogen-bond donors (Lipinski definition) is 2. The molecule has 0 spiro atoms. The van der Waals surface area contributed by atoms with E-state index < -0.39 is 5.82 Å². The lowest BCUT2D eigenvalue weighted by molar-refractivity contribution is 0.0686. The molecule has 1 heterocycles. The fourth-order valence-electron chi connectivity index (χ4n) is 3.33. The van der Waals surface area contributed by atoms with E-state index in [1.165, 1.54) is 19.2 Å². The number of nitrogens with zero attached hydrogens (tertiary/aromatic N) is 1. The van der Waals surface area contributed by atoms with E-state index >= 15 is 0 Å². The van der Waals surface area contributed by atoms with Crippen LogP contribution in [-0.2, 0) is 0 Å². The molecule has 6 nitrogen and oxygen atoms in total. The lowest BCUT2D eigenvalue weighted by Crippen LogP contribution is -2.42.